The summed E-state index contributed by atoms with van der Waals surface area (Å²) in [4.78, 5) is 16.2. The molecule has 2 aliphatic rings. The minimum absolute atomic E-state index is 0.154. The van der Waals surface area contributed by atoms with Crippen LogP contribution in [-0.4, -0.2) is 30.3 Å². The van der Waals surface area contributed by atoms with Gasteiger partial charge < -0.3 is 15.4 Å². The van der Waals surface area contributed by atoms with Gasteiger partial charge in [0.2, 0.25) is 0 Å². The van der Waals surface area contributed by atoms with E-state index in [1.807, 2.05) is 0 Å². The Hall–Kier alpha value is -1.51. The molecule has 1 saturated carbocycles. The maximum Gasteiger partial charge on any atom is 0.434 e. The van der Waals surface area contributed by atoms with Crippen molar-refractivity contribution >= 4 is 22.6 Å². The molecule has 1 saturated heterocycles. The van der Waals surface area contributed by atoms with Gasteiger partial charge in [-0.25, -0.2) is 9.78 Å². The highest BCUT2D eigenvalue weighted by atomic mass is 32.1. The summed E-state index contributed by atoms with van der Waals surface area (Å²) in [6.45, 7) is 0.892. The predicted molar refractivity (Wildman–Crippen MR) is 65.5 cm³/mol. The largest absolute Gasteiger partial charge is 0.444 e. The molecule has 2 heterocycles. The van der Waals surface area contributed by atoms with Crippen LogP contribution < -0.4 is 10.6 Å². The van der Waals surface area contributed by atoms with E-state index in [0.29, 0.717) is 18.2 Å². The molecule has 0 bridgehead atoms. The summed E-state index contributed by atoms with van der Waals surface area (Å²) in [6.07, 6.45) is -3.87. The Kier molecular flexibility index (Phi) is 2.86. The lowest BCUT2D eigenvalue weighted by molar-refractivity contribution is -0.140. The average Bonchev–Trinajstić information content (AvgIpc) is 2.80. The van der Waals surface area contributed by atoms with Crippen molar-refractivity contribution in [3.8, 4) is 0 Å². The second-order valence-electron chi connectivity index (χ2n) is 5.18. The lowest BCUT2D eigenvalue weighted by Gasteiger charge is -2.15. The Morgan fingerprint density at radius 1 is 1.55 bits per heavy atom. The number of thiazole rings is 1. The van der Waals surface area contributed by atoms with Crippen LogP contribution in [0.25, 0.3) is 0 Å². The van der Waals surface area contributed by atoms with Gasteiger partial charge >= 0.3 is 12.3 Å². The van der Waals surface area contributed by atoms with Crippen molar-refractivity contribution in [2.24, 2.45) is 11.1 Å². The van der Waals surface area contributed by atoms with Gasteiger partial charge in [0, 0.05) is 17.3 Å². The van der Waals surface area contributed by atoms with E-state index < -0.39 is 18.0 Å². The zero-order valence-corrected chi connectivity index (χ0v) is 11.1. The lowest BCUT2D eigenvalue weighted by Crippen LogP contribution is -2.30. The quantitative estimate of drug-likeness (QED) is 0.909. The topological polar surface area (TPSA) is 68.5 Å². The zero-order valence-electron chi connectivity index (χ0n) is 10.3. The van der Waals surface area contributed by atoms with Crippen molar-refractivity contribution < 1.29 is 22.7 Å². The molecule has 2 N–H and O–H groups in total. The molecule has 110 valence electrons. The number of carbonyl (C=O) groups excluding carboxylic acids is 1. The number of primary amides is 1. The maximum atomic E-state index is 12.5. The number of hydrogen-bond acceptors (Lipinski definition) is 5. The summed E-state index contributed by atoms with van der Waals surface area (Å²) in [7, 11) is 0. The Morgan fingerprint density at radius 2 is 2.25 bits per heavy atom. The van der Waals surface area contributed by atoms with Gasteiger partial charge in [0.25, 0.3) is 0 Å². The van der Waals surface area contributed by atoms with E-state index >= 15 is 0 Å². The fraction of sp³-hybridized carbons (Fsp3) is 0.636. The van der Waals surface area contributed by atoms with Crippen LogP contribution in [0.5, 0.6) is 0 Å². The standard InChI is InChI=1S/C11H12F3N3O2S/c12-11(13,14)6-4-20-9(16-6)17-3-7(19-8(15)18)10(5-17)1-2-10/h4,7H,1-3,5H2,(H2,15,18)/t7-/m0/s1. The molecule has 1 amide bonds. The van der Waals surface area contributed by atoms with Crippen molar-refractivity contribution in [3.63, 3.8) is 0 Å². The fourth-order valence-corrected chi connectivity index (χ4v) is 3.41. The summed E-state index contributed by atoms with van der Waals surface area (Å²) in [5.74, 6) is 0. The van der Waals surface area contributed by atoms with E-state index in [1.54, 1.807) is 4.90 Å². The van der Waals surface area contributed by atoms with E-state index in [-0.39, 0.29) is 11.5 Å². The number of halogens is 3. The van der Waals surface area contributed by atoms with Gasteiger partial charge in [0.1, 0.15) is 6.10 Å². The van der Waals surface area contributed by atoms with E-state index in [9.17, 15) is 18.0 Å². The fourth-order valence-electron chi connectivity index (χ4n) is 2.57. The second kappa shape index (κ2) is 4.24. The van der Waals surface area contributed by atoms with Crippen molar-refractivity contribution in [2.45, 2.75) is 25.1 Å². The molecule has 9 heteroatoms. The van der Waals surface area contributed by atoms with Crippen molar-refractivity contribution in [1.82, 2.24) is 4.98 Å². The smallest absolute Gasteiger partial charge is 0.434 e. The minimum atomic E-state index is -4.44. The third kappa shape index (κ3) is 2.30. The van der Waals surface area contributed by atoms with Gasteiger partial charge in [-0.1, -0.05) is 0 Å². The van der Waals surface area contributed by atoms with Crippen LogP contribution in [0.1, 0.15) is 18.5 Å². The molecule has 1 spiro atoms. The number of anilines is 1. The SMILES string of the molecule is NC(=O)O[C@H]1CN(c2nc(C(F)(F)F)cs2)CC12CC2. The molecule has 0 aromatic carbocycles. The Bertz CT molecular complexity index is 541. The van der Waals surface area contributed by atoms with Crippen LogP contribution >= 0.6 is 11.3 Å². The maximum absolute atomic E-state index is 12.5. The summed E-state index contributed by atoms with van der Waals surface area (Å²) >= 11 is 0.946. The lowest BCUT2D eigenvalue weighted by atomic mass is 10.0. The Balaban J connectivity index is 1.76. The third-order valence-electron chi connectivity index (χ3n) is 3.78. The first-order valence-corrected chi connectivity index (χ1v) is 6.92. The Labute approximate surface area is 116 Å². The highest BCUT2D eigenvalue weighted by molar-refractivity contribution is 7.13. The van der Waals surface area contributed by atoms with Gasteiger partial charge in [0.05, 0.1) is 6.54 Å². The zero-order chi connectivity index (χ0) is 14.5. The average molecular weight is 307 g/mol. The molecule has 1 aliphatic heterocycles. The van der Waals surface area contributed by atoms with E-state index in [0.717, 1.165) is 29.6 Å². The van der Waals surface area contributed by atoms with E-state index in [1.165, 1.54) is 0 Å². The van der Waals surface area contributed by atoms with Crippen LogP contribution in [0.4, 0.5) is 23.1 Å². The monoisotopic (exact) mass is 307 g/mol. The molecule has 1 atom stereocenters. The molecule has 3 rings (SSSR count). The number of nitrogens with two attached hydrogens (primary N) is 1. The number of alkyl halides is 3. The number of carbonyl (C=O) groups is 1. The van der Waals surface area contributed by atoms with Crippen molar-refractivity contribution in [3.05, 3.63) is 11.1 Å². The first kappa shape index (κ1) is 13.5. The van der Waals surface area contributed by atoms with Crippen LogP contribution in [0.2, 0.25) is 0 Å². The predicted octanol–water partition coefficient (Wildman–Crippen LogP) is 2.23. The van der Waals surface area contributed by atoms with Gasteiger partial charge in [-0.3, -0.25) is 0 Å². The summed E-state index contributed by atoms with van der Waals surface area (Å²) in [6, 6.07) is 0. The third-order valence-corrected chi connectivity index (χ3v) is 4.68. The molecule has 0 radical (unpaired) electrons. The van der Waals surface area contributed by atoms with Crippen LogP contribution in [-0.2, 0) is 10.9 Å². The van der Waals surface area contributed by atoms with Crippen LogP contribution in [0.3, 0.4) is 0 Å². The number of rotatable bonds is 2. The summed E-state index contributed by atoms with van der Waals surface area (Å²) in [5, 5.41) is 1.30. The normalized spacial score (nSPS) is 24.1. The first-order valence-electron chi connectivity index (χ1n) is 6.04. The van der Waals surface area contributed by atoms with Crippen LogP contribution in [0.15, 0.2) is 5.38 Å². The summed E-state index contributed by atoms with van der Waals surface area (Å²) < 4.78 is 42.7. The van der Waals surface area contributed by atoms with Crippen LogP contribution in [0, 0.1) is 5.41 Å². The number of aromatic nitrogens is 1. The molecule has 1 aromatic rings. The van der Waals surface area contributed by atoms with Crippen molar-refractivity contribution in [1.29, 1.82) is 0 Å². The van der Waals surface area contributed by atoms with Gasteiger partial charge in [-0.15, -0.1) is 11.3 Å². The summed E-state index contributed by atoms with van der Waals surface area (Å²) in [5.41, 5.74) is 3.98. The molecule has 5 nitrogen and oxygen atoms in total. The second-order valence-corrected chi connectivity index (χ2v) is 6.02. The molecule has 0 unspecified atom stereocenters. The van der Waals surface area contributed by atoms with Gasteiger partial charge in [0.15, 0.2) is 10.8 Å². The number of ether oxygens (including phenoxy) is 1. The van der Waals surface area contributed by atoms with E-state index in [2.05, 4.69) is 4.98 Å². The van der Waals surface area contributed by atoms with E-state index in [4.69, 9.17) is 10.5 Å². The number of amides is 1. The molecule has 1 aliphatic carbocycles. The molecule has 2 fully saturated rings. The molecule has 20 heavy (non-hydrogen) atoms. The molecule has 1 aromatic heterocycles. The number of hydrogen-bond donors (Lipinski definition) is 1. The molecular formula is C11H12F3N3O2S. The number of nitrogens with zero attached hydrogens (tertiary/aromatic N) is 2. The molecular weight excluding hydrogens is 295 g/mol. The van der Waals surface area contributed by atoms with Crippen molar-refractivity contribution in [2.75, 3.05) is 18.0 Å². The van der Waals surface area contributed by atoms with Gasteiger partial charge in [-0.05, 0) is 12.8 Å². The highest BCUT2D eigenvalue weighted by Crippen LogP contribution is 2.55. The van der Waals surface area contributed by atoms with Gasteiger partial charge in [-0.2, -0.15) is 13.2 Å². The first-order chi connectivity index (χ1) is 9.30. The minimum Gasteiger partial charge on any atom is -0.444 e. The Morgan fingerprint density at radius 3 is 2.75 bits per heavy atom. The highest BCUT2D eigenvalue weighted by Gasteiger charge is 2.57.